The molecule has 1 atom stereocenters. The lowest BCUT2D eigenvalue weighted by Crippen LogP contribution is -2.53. The maximum atomic E-state index is 12.3. The van der Waals surface area contributed by atoms with Crippen LogP contribution in [-0.4, -0.2) is 54.6 Å². The molecule has 1 aliphatic rings. The lowest BCUT2D eigenvalue weighted by molar-refractivity contribution is 0.144. The van der Waals surface area contributed by atoms with E-state index in [0.717, 1.165) is 6.42 Å². The first-order valence-electron chi connectivity index (χ1n) is 6.26. The molecule has 1 saturated heterocycles. The molecule has 1 radical (unpaired) electrons. The molecular weight excluding hydrogens is 226 g/mol. The first-order chi connectivity index (χ1) is 8.72. The Morgan fingerprint density at radius 1 is 1.28 bits per heavy atom. The molecular formula is C14H22N3O. The quantitative estimate of drug-likeness (QED) is 0.659. The van der Waals surface area contributed by atoms with Crippen molar-refractivity contribution >= 4 is 6.03 Å². The third-order valence-electron chi connectivity index (χ3n) is 2.87. The van der Waals surface area contributed by atoms with E-state index in [0.29, 0.717) is 32.7 Å². The molecule has 99 valence electrons. The Balaban J connectivity index is 2.59. The van der Waals surface area contributed by atoms with Crippen LogP contribution in [0.15, 0.2) is 38.0 Å². The second-order valence-electron chi connectivity index (χ2n) is 4.30. The Bertz CT molecular complexity index is 304. The fourth-order valence-corrected chi connectivity index (χ4v) is 2.02. The van der Waals surface area contributed by atoms with Crippen molar-refractivity contribution in [1.82, 2.24) is 15.1 Å². The van der Waals surface area contributed by atoms with Gasteiger partial charge in [-0.1, -0.05) is 18.2 Å². The molecule has 0 aliphatic carbocycles. The molecule has 1 unspecified atom stereocenters. The smallest absolute Gasteiger partial charge is 0.320 e. The fraction of sp³-hybridized carbons (Fsp3) is 0.500. The normalized spacial score (nSPS) is 19.1. The van der Waals surface area contributed by atoms with Gasteiger partial charge in [-0.3, -0.25) is 0 Å². The summed E-state index contributed by atoms with van der Waals surface area (Å²) in [5.74, 6) is 0. The van der Waals surface area contributed by atoms with Crippen molar-refractivity contribution in [3.63, 3.8) is 0 Å². The Hall–Kier alpha value is -1.55. The van der Waals surface area contributed by atoms with Crippen LogP contribution in [0.5, 0.6) is 0 Å². The van der Waals surface area contributed by atoms with E-state index in [1.807, 2.05) is 11.0 Å². The average molecular weight is 248 g/mol. The van der Waals surface area contributed by atoms with Crippen LogP contribution in [0.25, 0.3) is 0 Å². The summed E-state index contributed by atoms with van der Waals surface area (Å²) in [6.45, 7) is 14.2. The predicted octanol–water partition coefficient (Wildman–Crippen LogP) is 1.65. The minimum absolute atomic E-state index is 0.0405. The number of hydrogen-bond donors (Lipinski definition) is 0. The van der Waals surface area contributed by atoms with Gasteiger partial charge >= 0.3 is 6.03 Å². The van der Waals surface area contributed by atoms with Crippen LogP contribution in [0.4, 0.5) is 4.79 Å². The molecule has 1 fully saturated rings. The van der Waals surface area contributed by atoms with Crippen molar-refractivity contribution in [2.75, 3.05) is 32.7 Å². The maximum absolute atomic E-state index is 12.3. The molecule has 0 bridgehead atoms. The van der Waals surface area contributed by atoms with E-state index in [1.165, 1.54) is 0 Å². The molecule has 0 aromatic heterocycles. The molecule has 1 aliphatic heterocycles. The standard InChI is InChI=1S/C14H22N3O/c1-4-7-13-12-17(11-8-15-13)14(18)16(9-5-2)10-6-3/h4-6,13H,1-3,7-12H2. The Labute approximate surface area is 110 Å². The van der Waals surface area contributed by atoms with Gasteiger partial charge < -0.3 is 9.80 Å². The first kappa shape index (κ1) is 14.5. The van der Waals surface area contributed by atoms with Gasteiger partial charge in [0.05, 0.1) is 0 Å². The van der Waals surface area contributed by atoms with Gasteiger partial charge in [0.2, 0.25) is 0 Å². The summed E-state index contributed by atoms with van der Waals surface area (Å²) in [5.41, 5.74) is 0. The van der Waals surface area contributed by atoms with Crippen molar-refractivity contribution in [1.29, 1.82) is 0 Å². The Kier molecular flexibility index (Phi) is 6.22. The number of carbonyl (C=O) groups is 1. The summed E-state index contributed by atoms with van der Waals surface area (Å²) in [6, 6.07) is 0.230. The topological polar surface area (TPSA) is 37.7 Å². The van der Waals surface area contributed by atoms with Crippen LogP contribution in [0, 0.1) is 0 Å². The van der Waals surface area contributed by atoms with Gasteiger partial charge in [0.25, 0.3) is 0 Å². The summed E-state index contributed by atoms with van der Waals surface area (Å²) in [6.07, 6.45) is 6.15. The molecule has 0 aromatic carbocycles. The van der Waals surface area contributed by atoms with Crippen LogP contribution in [0.1, 0.15) is 6.42 Å². The van der Waals surface area contributed by atoms with Gasteiger partial charge in [-0.2, -0.15) is 0 Å². The lowest BCUT2D eigenvalue weighted by Gasteiger charge is -2.35. The van der Waals surface area contributed by atoms with Crippen molar-refractivity contribution in [2.45, 2.75) is 12.5 Å². The number of hydrogen-bond acceptors (Lipinski definition) is 1. The second kappa shape index (κ2) is 7.71. The highest BCUT2D eigenvalue weighted by Gasteiger charge is 2.25. The molecule has 18 heavy (non-hydrogen) atoms. The SMILES string of the molecule is C=CCC1CN(C(=O)N(CC=C)CC=C)CC[N]1. The molecule has 4 heteroatoms. The maximum Gasteiger partial charge on any atom is 0.320 e. The largest absolute Gasteiger partial charge is 0.322 e. The Morgan fingerprint density at radius 2 is 1.94 bits per heavy atom. The number of urea groups is 1. The molecule has 0 saturated carbocycles. The molecule has 1 rings (SSSR count). The monoisotopic (exact) mass is 248 g/mol. The predicted molar refractivity (Wildman–Crippen MR) is 74.5 cm³/mol. The van der Waals surface area contributed by atoms with Gasteiger partial charge in [0.1, 0.15) is 0 Å². The summed E-state index contributed by atoms with van der Waals surface area (Å²) in [4.78, 5) is 15.9. The van der Waals surface area contributed by atoms with Crippen molar-refractivity contribution in [2.24, 2.45) is 0 Å². The third-order valence-corrected chi connectivity index (χ3v) is 2.87. The molecule has 1 heterocycles. The zero-order valence-electron chi connectivity index (χ0n) is 10.9. The highest BCUT2D eigenvalue weighted by Crippen LogP contribution is 2.08. The van der Waals surface area contributed by atoms with Crippen LogP contribution in [0.3, 0.4) is 0 Å². The van der Waals surface area contributed by atoms with E-state index in [1.54, 1.807) is 17.1 Å². The van der Waals surface area contributed by atoms with E-state index in [4.69, 9.17) is 0 Å². The number of amides is 2. The number of piperazine rings is 1. The highest BCUT2D eigenvalue weighted by atomic mass is 16.2. The van der Waals surface area contributed by atoms with Crippen LogP contribution < -0.4 is 5.32 Å². The molecule has 2 amide bonds. The summed E-state index contributed by atoms with van der Waals surface area (Å²) in [7, 11) is 0. The fourth-order valence-electron chi connectivity index (χ4n) is 2.02. The summed E-state index contributed by atoms with van der Waals surface area (Å²) < 4.78 is 0. The minimum atomic E-state index is 0.0405. The van der Waals surface area contributed by atoms with E-state index in [9.17, 15) is 4.79 Å². The average Bonchev–Trinajstić information content (AvgIpc) is 2.38. The van der Waals surface area contributed by atoms with Gasteiger partial charge in [0, 0.05) is 38.8 Å². The zero-order valence-corrected chi connectivity index (χ0v) is 10.9. The van der Waals surface area contributed by atoms with Gasteiger partial charge in [-0.25, -0.2) is 10.1 Å². The van der Waals surface area contributed by atoms with Gasteiger partial charge in [0.15, 0.2) is 0 Å². The third kappa shape index (κ3) is 4.04. The molecule has 4 nitrogen and oxygen atoms in total. The van der Waals surface area contributed by atoms with Crippen molar-refractivity contribution in [3.05, 3.63) is 38.0 Å². The van der Waals surface area contributed by atoms with Gasteiger partial charge in [-0.05, 0) is 6.42 Å². The lowest BCUT2D eigenvalue weighted by atomic mass is 10.1. The Morgan fingerprint density at radius 3 is 2.50 bits per heavy atom. The van der Waals surface area contributed by atoms with Crippen molar-refractivity contribution < 1.29 is 4.79 Å². The zero-order chi connectivity index (χ0) is 13.4. The second-order valence-corrected chi connectivity index (χ2v) is 4.30. The van der Waals surface area contributed by atoms with Crippen LogP contribution in [0.2, 0.25) is 0 Å². The molecule has 0 aromatic rings. The number of rotatable bonds is 6. The van der Waals surface area contributed by atoms with Gasteiger partial charge in [-0.15, -0.1) is 19.7 Å². The van der Waals surface area contributed by atoms with E-state index in [-0.39, 0.29) is 12.1 Å². The molecule has 0 spiro atoms. The molecule has 0 N–H and O–H groups in total. The summed E-state index contributed by atoms with van der Waals surface area (Å²) >= 11 is 0. The van der Waals surface area contributed by atoms with Crippen molar-refractivity contribution in [3.8, 4) is 0 Å². The van der Waals surface area contributed by atoms with Crippen LogP contribution >= 0.6 is 0 Å². The number of carbonyl (C=O) groups excluding carboxylic acids is 1. The number of nitrogens with zero attached hydrogens (tertiary/aromatic N) is 3. The first-order valence-corrected chi connectivity index (χ1v) is 6.26. The highest BCUT2D eigenvalue weighted by molar-refractivity contribution is 5.75. The van der Waals surface area contributed by atoms with Crippen LogP contribution in [-0.2, 0) is 0 Å². The minimum Gasteiger partial charge on any atom is -0.322 e. The van der Waals surface area contributed by atoms with E-state index in [2.05, 4.69) is 25.1 Å². The summed E-state index contributed by atoms with van der Waals surface area (Å²) in [5, 5.41) is 4.48. The van der Waals surface area contributed by atoms with E-state index < -0.39 is 0 Å². The van der Waals surface area contributed by atoms with E-state index >= 15 is 0 Å².